The Morgan fingerprint density at radius 1 is 0.967 bits per heavy atom. The number of thiophene rings is 1. The molecule has 3 heterocycles. The molecule has 4 rings (SSSR count). The van der Waals surface area contributed by atoms with Gasteiger partial charge in [0.2, 0.25) is 0 Å². The highest BCUT2D eigenvalue weighted by atomic mass is 32.1. The summed E-state index contributed by atoms with van der Waals surface area (Å²) in [5.74, 6) is 0.815. The van der Waals surface area contributed by atoms with Crippen molar-refractivity contribution in [1.82, 2.24) is 15.2 Å². The quantitative estimate of drug-likeness (QED) is 0.666. The number of amides is 2. The number of nitrogens with one attached hydrogen (secondary N) is 1. The first-order chi connectivity index (χ1) is 14.7. The van der Waals surface area contributed by atoms with Gasteiger partial charge in [0.05, 0.1) is 10.4 Å². The van der Waals surface area contributed by atoms with Crippen LogP contribution in [-0.4, -0.2) is 54.4 Å². The largest absolute Gasteiger partial charge is 0.353 e. The van der Waals surface area contributed by atoms with Gasteiger partial charge < -0.3 is 15.1 Å². The average molecular weight is 421 g/mol. The number of nitrogens with zero attached hydrogens (tertiary/aromatic N) is 3. The molecule has 7 heteroatoms. The maximum atomic E-state index is 12.5. The number of benzene rings is 1. The fourth-order valence-corrected chi connectivity index (χ4v) is 4.16. The van der Waals surface area contributed by atoms with E-state index in [-0.39, 0.29) is 11.8 Å². The Morgan fingerprint density at radius 3 is 2.43 bits per heavy atom. The molecule has 0 bridgehead atoms. The van der Waals surface area contributed by atoms with Crippen LogP contribution in [-0.2, 0) is 6.42 Å². The smallest absolute Gasteiger partial charge is 0.264 e. The number of hydrogen-bond acceptors (Lipinski definition) is 5. The summed E-state index contributed by atoms with van der Waals surface area (Å²) in [6.07, 6.45) is 2.42. The molecule has 1 saturated heterocycles. The van der Waals surface area contributed by atoms with E-state index in [0.717, 1.165) is 30.2 Å². The van der Waals surface area contributed by atoms with Crippen molar-refractivity contribution < 1.29 is 9.59 Å². The van der Waals surface area contributed by atoms with E-state index in [1.54, 1.807) is 6.20 Å². The van der Waals surface area contributed by atoms with E-state index in [4.69, 9.17) is 0 Å². The summed E-state index contributed by atoms with van der Waals surface area (Å²) in [5.41, 5.74) is 1.75. The first-order valence-electron chi connectivity index (χ1n) is 10.1. The molecule has 0 spiro atoms. The molecule has 3 aromatic rings. The van der Waals surface area contributed by atoms with Crippen molar-refractivity contribution >= 4 is 29.0 Å². The van der Waals surface area contributed by atoms with Gasteiger partial charge in [-0.25, -0.2) is 4.98 Å². The molecule has 2 aromatic heterocycles. The van der Waals surface area contributed by atoms with Gasteiger partial charge in [0.1, 0.15) is 5.82 Å². The maximum Gasteiger partial charge on any atom is 0.264 e. The molecule has 0 saturated carbocycles. The molecule has 1 aliphatic rings. The highest BCUT2D eigenvalue weighted by molar-refractivity contribution is 7.12. The van der Waals surface area contributed by atoms with Crippen molar-refractivity contribution in [1.29, 1.82) is 0 Å². The Balaban J connectivity index is 1.26. The minimum absolute atomic E-state index is 0.0973. The second kappa shape index (κ2) is 9.54. The zero-order valence-electron chi connectivity index (χ0n) is 16.7. The molecule has 1 aromatic carbocycles. The SMILES string of the molecule is O=C(NCCc1ccccc1)c1ccc(N2CCN(C(=O)c3cccs3)CC2)nc1. The molecule has 30 heavy (non-hydrogen) atoms. The number of aromatic nitrogens is 1. The van der Waals surface area contributed by atoms with E-state index in [1.165, 1.54) is 16.9 Å². The molecule has 6 nitrogen and oxygen atoms in total. The van der Waals surface area contributed by atoms with Gasteiger partial charge in [-0.2, -0.15) is 0 Å². The molecular weight excluding hydrogens is 396 g/mol. The van der Waals surface area contributed by atoms with Crippen molar-refractivity contribution in [2.24, 2.45) is 0 Å². The van der Waals surface area contributed by atoms with Crippen LogP contribution in [0, 0.1) is 0 Å². The molecule has 1 fully saturated rings. The Kier molecular flexibility index (Phi) is 6.39. The molecule has 0 radical (unpaired) electrons. The van der Waals surface area contributed by atoms with Crippen LogP contribution < -0.4 is 10.2 Å². The normalized spacial score (nSPS) is 13.9. The maximum absolute atomic E-state index is 12.5. The Bertz CT molecular complexity index is 966. The van der Waals surface area contributed by atoms with Crippen LogP contribution in [0.2, 0.25) is 0 Å². The molecule has 154 valence electrons. The third kappa shape index (κ3) is 4.86. The molecule has 0 unspecified atom stereocenters. The summed E-state index contributed by atoms with van der Waals surface area (Å²) < 4.78 is 0. The van der Waals surface area contributed by atoms with Crippen molar-refractivity contribution in [2.45, 2.75) is 6.42 Å². The Labute approximate surface area is 180 Å². The third-order valence-electron chi connectivity index (χ3n) is 5.17. The van der Waals surface area contributed by atoms with Crippen molar-refractivity contribution in [3.05, 3.63) is 82.2 Å². The summed E-state index contributed by atoms with van der Waals surface area (Å²) in [6.45, 7) is 3.38. The predicted octanol–water partition coefficient (Wildman–Crippen LogP) is 3.08. The summed E-state index contributed by atoms with van der Waals surface area (Å²) in [5, 5.41) is 4.87. The minimum Gasteiger partial charge on any atom is -0.353 e. The predicted molar refractivity (Wildman–Crippen MR) is 119 cm³/mol. The van der Waals surface area contributed by atoms with Crippen LogP contribution in [0.3, 0.4) is 0 Å². The van der Waals surface area contributed by atoms with Crippen molar-refractivity contribution in [3.63, 3.8) is 0 Å². The zero-order chi connectivity index (χ0) is 20.8. The van der Waals surface area contributed by atoms with Gasteiger partial charge in [-0.3, -0.25) is 9.59 Å². The highest BCUT2D eigenvalue weighted by Crippen LogP contribution is 2.17. The molecule has 1 N–H and O–H groups in total. The summed E-state index contributed by atoms with van der Waals surface area (Å²) in [4.78, 5) is 34.1. The number of hydrogen-bond donors (Lipinski definition) is 1. The van der Waals surface area contributed by atoms with Gasteiger partial charge in [-0.05, 0) is 35.6 Å². The first kappa shape index (κ1) is 20.1. The molecular formula is C23H24N4O2S. The van der Waals surface area contributed by atoms with Crippen LogP contribution in [0.15, 0.2) is 66.2 Å². The fourth-order valence-electron chi connectivity index (χ4n) is 3.47. The molecule has 2 amide bonds. The minimum atomic E-state index is -0.114. The lowest BCUT2D eigenvalue weighted by Gasteiger charge is -2.35. The van der Waals surface area contributed by atoms with E-state index in [0.29, 0.717) is 25.2 Å². The third-order valence-corrected chi connectivity index (χ3v) is 6.03. The lowest BCUT2D eigenvalue weighted by atomic mass is 10.1. The standard InChI is InChI=1S/C23H24N4O2S/c28-22(24-11-10-18-5-2-1-3-6-18)19-8-9-21(25-17-19)26-12-14-27(15-13-26)23(29)20-7-4-16-30-20/h1-9,16-17H,10-15H2,(H,24,28). The second-order valence-corrected chi connectivity index (χ2v) is 8.10. The molecule has 1 aliphatic heterocycles. The number of carbonyl (C=O) groups excluding carboxylic acids is 2. The fraction of sp³-hybridized carbons (Fsp3) is 0.261. The Morgan fingerprint density at radius 2 is 1.77 bits per heavy atom. The topological polar surface area (TPSA) is 65.5 Å². The number of pyridine rings is 1. The van der Waals surface area contributed by atoms with E-state index in [2.05, 4.69) is 27.3 Å². The van der Waals surface area contributed by atoms with Crippen LogP contribution in [0.1, 0.15) is 25.6 Å². The van der Waals surface area contributed by atoms with Gasteiger partial charge in [-0.1, -0.05) is 36.4 Å². The Hall–Kier alpha value is -3.19. The first-order valence-corrected chi connectivity index (χ1v) is 10.9. The van der Waals surface area contributed by atoms with Crippen LogP contribution in [0.4, 0.5) is 5.82 Å². The summed E-state index contributed by atoms with van der Waals surface area (Å²) >= 11 is 1.48. The van der Waals surface area contributed by atoms with Crippen molar-refractivity contribution in [3.8, 4) is 0 Å². The average Bonchev–Trinajstić information content (AvgIpc) is 3.34. The lowest BCUT2D eigenvalue weighted by Crippen LogP contribution is -2.48. The van der Waals surface area contributed by atoms with Crippen LogP contribution in [0.25, 0.3) is 0 Å². The van der Waals surface area contributed by atoms with E-state index in [9.17, 15) is 9.59 Å². The zero-order valence-corrected chi connectivity index (χ0v) is 17.5. The van der Waals surface area contributed by atoms with Crippen LogP contribution in [0.5, 0.6) is 0 Å². The number of carbonyl (C=O) groups is 2. The van der Waals surface area contributed by atoms with Gasteiger partial charge in [0.15, 0.2) is 0 Å². The highest BCUT2D eigenvalue weighted by Gasteiger charge is 2.23. The van der Waals surface area contributed by atoms with E-state index < -0.39 is 0 Å². The van der Waals surface area contributed by atoms with Gasteiger partial charge in [-0.15, -0.1) is 11.3 Å². The molecule has 0 atom stereocenters. The summed E-state index contributed by atoms with van der Waals surface area (Å²) in [6, 6.07) is 17.5. The number of rotatable bonds is 6. The number of piperazine rings is 1. The van der Waals surface area contributed by atoms with Gasteiger partial charge in [0.25, 0.3) is 11.8 Å². The number of anilines is 1. The monoisotopic (exact) mass is 420 g/mol. The van der Waals surface area contributed by atoms with Gasteiger partial charge >= 0.3 is 0 Å². The van der Waals surface area contributed by atoms with E-state index >= 15 is 0 Å². The molecule has 0 aliphatic carbocycles. The van der Waals surface area contributed by atoms with Crippen LogP contribution >= 0.6 is 11.3 Å². The van der Waals surface area contributed by atoms with Gasteiger partial charge in [0, 0.05) is 38.9 Å². The van der Waals surface area contributed by atoms with E-state index in [1.807, 2.05) is 52.7 Å². The second-order valence-electron chi connectivity index (χ2n) is 7.15. The van der Waals surface area contributed by atoms with Crippen molar-refractivity contribution in [2.75, 3.05) is 37.6 Å². The summed E-state index contributed by atoms with van der Waals surface area (Å²) in [7, 11) is 0. The lowest BCUT2D eigenvalue weighted by molar-refractivity contribution is 0.0751.